The second-order valence-corrected chi connectivity index (χ2v) is 0.677. The Labute approximate surface area is 64.4 Å². The molecule has 1 atom stereocenters. The standard InChI is InChI=1S/CH5N2O3.U/c1-3(5)6-2-4;/h2-3H,1H3;/q-1;. The van der Waals surface area contributed by atoms with Gasteiger partial charge in [0.05, 0.1) is 7.05 Å². The van der Waals surface area contributed by atoms with Gasteiger partial charge >= 0.3 is 0 Å². The Hall–Kier alpha value is 0.852. The maximum absolute atomic E-state index is 9.56. The van der Waals surface area contributed by atoms with E-state index in [-0.39, 0.29) is 31.1 Å². The van der Waals surface area contributed by atoms with E-state index in [1.165, 1.54) is 0 Å². The van der Waals surface area contributed by atoms with Crippen molar-refractivity contribution >= 4 is 0 Å². The van der Waals surface area contributed by atoms with Crippen molar-refractivity contribution in [2.45, 2.75) is 0 Å². The van der Waals surface area contributed by atoms with E-state index in [0.717, 1.165) is 12.7 Å². The van der Waals surface area contributed by atoms with Gasteiger partial charge in [0.15, 0.2) is 0 Å². The first kappa shape index (κ1) is 10.8. The Morgan fingerprint density at radius 2 is 2.14 bits per heavy atom. The van der Waals surface area contributed by atoms with E-state index < -0.39 is 5.23 Å². The van der Waals surface area contributed by atoms with Crippen LogP contribution in [0.5, 0.6) is 0 Å². The summed E-state index contributed by atoms with van der Waals surface area (Å²) in [5, 5.41) is 18.0. The second kappa shape index (κ2) is 6.85. The van der Waals surface area contributed by atoms with Gasteiger partial charge in [-0.1, -0.05) is 0 Å². The van der Waals surface area contributed by atoms with E-state index in [1.807, 2.05) is 0 Å². The number of hydrogen-bond acceptors (Lipinski definition) is 4. The van der Waals surface area contributed by atoms with Crippen LogP contribution in [0.4, 0.5) is 0 Å². The summed E-state index contributed by atoms with van der Waals surface area (Å²) in [6, 6.07) is 0. The molecule has 0 spiro atoms. The molecule has 0 aromatic heterocycles. The van der Waals surface area contributed by atoms with E-state index in [4.69, 9.17) is 5.21 Å². The molecule has 0 amide bonds. The van der Waals surface area contributed by atoms with E-state index >= 15 is 0 Å². The van der Waals surface area contributed by atoms with Crippen LogP contribution in [0.15, 0.2) is 0 Å². The molecule has 2 N–H and O–H groups in total. The number of hydroxylamine groups is 2. The van der Waals surface area contributed by atoms with Crippen molar-refractivity contribution in [3.05, 3.63) is 10.4 Å². The van der Waals surface area contributed by atoms with Crippen molar-refractivity contribution in [2.24, 2.45) is 0 Å². The van der Waals surface area contributed by atoms with Crippen molar-refractivity contribution in [1.29, 1.82) is 0 Å². The first-order valence-electron chi connectivity index (χ1n) is 1.32. The van der Waals surface area contributed by atoms with Crippen LogP contribution in [0.2, 0.25) is 0 Å². The molecule has 0 radical (unpaired) electrons. The van der Waals surface area contributed by atoms with Crippen molar-refractivity contribution in [1.82, 2.24) is 5.64 Å². The maximum atomic E-state index is 9.56. The van der Waals surface area contributed by atoms with Gasteiger partial charge in [0.25, 0.3) is 0 Å². The molecule has 0 heterocycles. The van der Waals surface area contributed by atoms with Gasteiger partial charge in [0.2, 0.25) is 0 Å². The molecule has 0 aliphatic heterocycles. The van der Waals surface area contributed by atoms with E-state index in [1.54, 1.807) is 0 Å². The summed E-state index contributed by atoms with van der Waals surface area (Å²) >= 11 is 0. The molecule has 42 valence electrons. The molecule has 0 aromatic rings. The Morgan fingerprint density at radius 3 is 2.14 bits per heavy atom. The van der Waals surface area contributed by atoms with Gasteiger partial charge in [0.1, 0.15) is 0 Å². The molecule has 6 heteroatoms. The fourth-order valence-electron chi connectivity index (χ4n) is 0.0587. The van der Waals surface area contributed by atoms with Crippen LogP contribution in [-0.2, 0) is 4.94 Å². The van der Waals surface area contributed by atoms with Gasteiger partial charge in [-0.05, 0) is 0 Å². The molecule has 0 aliphatic carbocycles. The van der Waals surface area contributed by atoms with Gasteiger partial charge in [-0.2, -0.15) is 0 Å². The summed E-state index contributed by atoms with van der Waals surface area (Å²) in [5.74, 6) is 0. The zero-order chi connectivity index (χ0) is 4.99. The Kier molecular flexibility index (Phi) is 10.5. The molecule has 1 unspecified atom stereocenters. The molecule has 0 bridgehead atoms. The number of rotatable bonds is 2. The molecule has 0 rings (SSSR count). The van der Waals surface area contributed by atoms with Gasteiger partial charge in [-0.25, -0.2) is 10.9 Å². The van der Waals surface area contributed by atoms with Crippen LogP contribution in [-0.4, -0.2) is 7.05 Å². The van der Waals surface area contributed by atoms with Crippen LogP contribution in [0, 0.1) is 41.5 Å². The monoisotopic (exact) mass is 331 g/mol. The molecule has 0 saturated heterocycles. The first-order valence-corrected chi connectivity index (χ1v) is 1.32. The van der Waals surface area contributed by atoms with Crippen molar-refractivity contribution in [3.8, 4) is 0 Å². The molecule has 0 aromatic carbocycles. The summed E-state index contributed by atoms with van der Waals surface area (Å²) in [6.45, 7) is 0. The van der Waals surface area contributed by atoms with Gasteiger partial charge in [-0.3, -0.25) is 0 Å². The van der Waals surface area contributed by atoms with Crippen LogP contribution < -0.4 is 10.9 Å². The third kappa shape index (κ3) is 10.9. The molecule has 0 aliphatic rings. The van der Waals surface area contributed by atoms with Crippen LogP contribution in [0.25, 0.3) is 0 Å². The number of nitrogens with one attached hydrogen (secondary N) is 2. The molecule has 7 heavy (non-hydrogen) atoms. The molecule has 5 nitrogen and oxygen atoms in total. The second-order valence-electron chi connectivity index (χ2n) is 0.677. The predicted octanol–water partition coefficient (Wildman–Crippen LogP) is -2.07. The summed E-state index contributed by atoms with van der Waals surface area (Å²) in [5.41, 5.74) is 0.968. The van der Waals surface area contributed by atoms with Crippen molar-refractivity contribution in [2.75, 3.05) is 7.05 Å². The maximum Gasteiger partial charge on any atom is 0.0981 e. The number of hydrogen-bond donors (Lipinski definition) is 2. The minimum atomic E-state index is -0.634. The van der Waals surface area contributed by atoms with E-state index in [2.05, 4.69) is 4.94 Å². The van der Waals surface area contributed by atoms with Crippen LogP contribution in [0.1, 0.15) is 0 Å². The SMILES string of the molecule is C[NH+]([O-])ON[O-].[U]. The van der Waals surface area contributed by atoms with Crippen LogP contribution >= 0.6 is 0 Å². The molecule has 0 saturated carbocycles. The third-order valence-corrected chi connectivity index (χ3v) is 0.185. The Morgan fingerprint density at radius 1 is 1.71 bits per heavy atom. The summed E-state index contributed by atoms with van der Waals surface area (Å²) < 4.78 is 0. The summed E-state index contributed by atoms with van der Waals surface area (Å²) in [6.07, 6.45) is 0. The summed E-state index contributed by atoms with van der Waals surface area (Å²) in [4.78, 5) is 3.60. The van der Waals surface area contributed by atoms with Gasteiger partial charge in [-0.15, -0.1) is 4.94 Å². The normalized spacial score (nSPS) is 12.4. The summed E-state index contributed by atoms with van der Waals surface area (Å²) in [7, 11) is 1.13. The fraction of sp³-hybridized carbons (Fsp3) is 1.00. The quantitative estimate of drug-likeness (QED) is 0.571. The van der Waals surface area contributed by atoms with E-state index in [0.29, 0.717) is 0 Å². The van der Waals surface area contributed by atoms with E-state index in [9.17, 15) is 5.21 Å². The Bertz CT molecular complexity index is 34.1. The van der Waals surface area contributed by atoms with Crippen molar-refractivity contribution in [3.63, 3.8) is 0 Å². The zero-order valence-electron chi connectivity index (χ0n) is 3.72. The van der Waals surface area contributed by atoms with Gasteiger partial charge < -0.3 is 10.4 Å². The predicted molar refractivity (Wildman–Crippen MR) is 17.8 cm³/mol. The van der Waals surface area contributed by atoms with Crippen molar-refractivity contribution < 1.29 is 41.3 Å². The molecule has 0 fully saturated rings. The number of quaternary nitrogens is 1. The van der Waals surface area contributed by atoms with Crippen LogP contribution in [0.3, 0.4) is 0 Å². The smallest absolute Gasteiger partial charge is 0.0981 e. The Balaban J connectivity index is 0. The largest absolute Gasteiger partial charge is 0.761 e. The topological polar surface area (TPSA) is 71.8 Å². The minimum absolute atomic E-state index is 0. The van der Waals surface area contributed by atoms with Gasteiger partial charge in [0, 0.05) is 31.1 Å². The average molecular weight is 331 g/mol. The minimum Gasteiger partial charge on any atom is -0.761 e. The first-order chi connectivity index (χ1) is 2.77. The fourth-order valence-corrected chi connectivity index (χ4v) is 0.0587. The molecular formula is CH5N2O3U-. The average Bonchev–Trinajstić information content (AvgIpc) is 1.35. The molecular weight excluding hydrogens is 326 g/mol. The third-order valence-electron chi connectivity index (χ3n) is 0.185. The zero-order valence-corrected chi connectivity index (χ0v) is 7.89.